The van der Waals surface area contributed by atoms with Gasteiger partial charge < -0.3 is 10.2 Å². The fourth-order valence-corrected chi connectivity index (χ4v) is 0.673. The first-order chi connectivity index (χ1) is 3.30. The SMILES string of the molecule is Cl.OC1CCNC1O. The molecule has 1 saturated heterocycles. The van der Waals surface area contributed by atoms with Crippen molar-refractivity contribution in [2.45, 2.75) is 18.8 Å². The molecule has 1 fully saturated rings. The van der Waals surface area contributed by atoms with Crippen LogP contribution in [-0.2, 0) is 0 Å². The van der Waals surface area contributed by atoms with E-state index in [-0.39, 0.29) is 12.4 Å². The lowest BCUT2D eigenvalue weighted by Gasteiger charge is -2.03. The fraction of sp³-hybridized carbons (Fsp3) is 1.00. The molecule has 0 saturated carbocycles. The van der Waals surface area contributed by atoms with Crippen molar-refractivity contribution >= 4 is 12.4 Å². The molecule has 0 aromatic rings. The van der Waals surface area contributed by atoms with Crippen LogP contribution in [0.3, 0.4) is 0 Å². The van der Waals surface area contributed by atoms with E-state index in [4.69, 9.17) is 10.2 Å². The van der Waals surface area contributed by atoms with E-state index in [0.717, 1.165) is 6.54 Å². The average molecular weight is 140 g/mol. The molecular weight excluding hydrogens is 130 g/mol. The molecule has 50 valence electrons. The Kier molecular flexibility index (Phi) is 3.31. The number of aliphatic hydroxyl groups is 2. The average Bonchev–Trinajstić information content (AvgIpc) is 1.91. The minimum absolute atomic E-state index is 0. The van der Waals surface area contributed by atoms with Gasteiger partial charge in [0.15, 0.2) is 0 Å². The van der Waals surface area contributed by atoms with Gasteiger partial charge in [0.2, 0.25) is 0 Å². The zero-order valence-electron chi connectivity index (χ0n) is 4.37. The van der Waals surface area contributed by atoms with Crippen molar-refractivity contribution in [3.63, 3.8) is 0 Å². The van der Waals surface area contributed by atoms with E-state index in [1.54, 1.807) is 0 Å². The van der Waals surface area contributed by atoms with Gasteiger partial charge >= 0.3 is 0 Å². The molecule has 0 spiro atoms. The summed E-state index contributed by atoms with van der Waals surface area (Å²) in [7, 11) is 0. The van der Waals surface area contributed by atoms with E-state index < -0.39 is 12.3 Å². The molecule has 3 nitrogen and oxygen atoms in total. The van der Waals surface area contributed by atoms with Crippen LogP contribution in [0.1, 0.15) is 6.42 Å². The first-order valence-electron chi connectivity index (χ1n) is 2.40. The Morgan fingerprint density at radius 1 is 1.38 bits per heavy atom. The van der Waals surface area contributed by atoms with Crippen LogP contribution in [0.25, 0.3) is 0 Å². The molecule has 2 unspecified atom stereocenters. The van der Waals surface area contributed by atoms with Gasteiger partial charge in [0.1, 0.15) is 6.23 Å². The van der Waals surface area contributed by atoms with E-state index in [9.17, 15) is 0 Å². The molecule has 0 radical (unpaired) electrons. The summed E-state index contributed by atoms with van der Waals surface area (Å²) in [5, 5.41) is 20.0. The summed E-state index contributed by atoms with van der Waals surface area (Å²) in [4.78, 5) is 0. The first kappa shape index (κ1) is 8.17. The third-order valence-corrected chi connectivity index (χ3v) is 1.16. The fourth-order valence-electron chi connectivity index (χ4n) is 0.673. The van der Waals surface area contributed by atoms with Crippen LogP contribution in [-0.4, -0.2) is 29.1 Å². The molecule has 0 aromatic heterocycles. The monoisotopic (exact) mass is 139 g/mol. The van der Waals surface area contributed by atoms with E-state index in [1.807, 2.05) is 0 Å². The summed E-state index contributed by atoms with van der Waals surface area (Å²) < 4.78 is 0. The molecule has 4 heteroatoms. The van der Waals surface area contributed by atoms with Crippen LogP contribution in [0.2, 0.25) is 0 Å². The van der Waals surface area contributed by atoms with Gasteiger partial charge in [-0.05, 0) is 6.42 Å². The number of rotatable bonds is 0. The lowest BCUT2D eigenvalue weighted by atomic mass is 10.3. The highest BCUT2D eigenvalue weighted by atomic mass is 35.5. The summed E-state index contributed by atoms with van der Waals surface area (Å²) in [5.41, 5.74) is 0. The lowest BCUT2D eigenvalue weighted by molar-refractivity contribution is 0.0318. The number of aliphatic hydroxyl groups excluding tert-OH is 2. The zero-order valence-corrected chi connectivity index (χ0v) is 5.19. The van der Waals surface area contributed by atoms with E-state index in [2.05, 4.69) is 5.32 Å². The third-order valence-electron chi connectivity index (χ3n) is 1.16. The largest absolute Gasteiger partial charge is 0.389 e. The second-order valence-electron chi connectivity index (χ2n) is 1.75. The number of nitrogens with one attached hydrogen (secondary N) is 1. The van der Waals surface area contributed by atoms with Crippen LogP contribution in [0, 0.1) is 0 Å². The van der Waals surface area contributed by atoms with E-state index in [1.165, 1.54) is 0 Å². The van der Waals surface area contributed by atoms with E-state index in [0.29, 0.717) is 6.42 Å². The second-order valence-corrected chi connectivity index (χ2v) is 1.75. The first-order valence-corrected chi connectivity index (χ1v) is 2.40. The predicted molar refractivity (Wildman–Crippen MR) is 31.9 cm³/mol. The van der Waals surface area contributed by atoms with Crippen molar-refractivity contribution < 1.29 is 10.2 Å². The van der Waals surface area contributed by atoms with E-state index >= 15 is 0 Å². The van der Waals surface area contributed by atoms with Crippen molar-refractivity contribution in [3.05, 3.63) is 0 Å². The van der Waals surface area contributed by atoms with Crippen molar-refractivity contribution in [1.29, 1.82) is 0 Å². The van der Waals surface area contributed by atoms with Gasteiger partial charge in [0.25, 0.3) is 0 Å². The number of halogens is 1. The Labute approximate surface area is 54.1 Å². The highest BCUT2D eigenvalue weighted by Crippen LogP contribution is 2.01. The maximum Gasteiger partial charge on any atom is 0.131 e. The molecule has 0 bridgehead atoms. The molecule has 0 aliphatic carbocycles. The molecule has 0 amide bonds. The Hall–Kier alpha value is 0.170. The quantitative estimate of drug-likeness (QED) is 0.407. The van der Waals surface area contributed by atoms with Crippen LogP contribution >= 0.6 is 12.4 Å². The molecule has 0 aromatic carbocycles. The van der Waals surface area contributed by atoms with Crippen LogP contribution in [0.15, 0.2) is 0 Å². The molecule has 1 aliphatic rings. The van der Waals surface area contributed by atoms with Gasteiger partial charge in [0, 0.05) is 6.54 Å². The smallest absolute Gasteiger partial charge is 0.131 e. The maximum absolute atomic E-state index is 8.69. The molecule has 3 N–H and O–H groups in total. The normalized spacial score (nSPS) is 36.8. The Balaban J connectivity index is 0.000000490. The summed E-state index contributed by atoms with van der Waals surface area (Å²) in [6.07, 6.45) is -0.554. The minimum Gasteiger partial charge on any atom is -0.389 e. The van der Waals surface area contributed by atoms with Gasteiger partial charge in [-0.15, -0.1) is 12.4 Å². The van der Waals surface area contributed by atoms with Crippen LogP contribution < -0.4 is 5.32 Å². The topological polar surface area (TPSA) is 52.5 Å². The van der Waals surface area contributed by atoms with Crippen molar-refractivity contribution in [3.8, 4) is 0 Å². The number of hydrogen-bond acceptors (Lipinski definition) is 3. The lowest BCUT2D eigenvalue weighted by Crippen LogP contribution is -2.28. The molecule has 2 atom stereocenters. The minimum atomic E-state index is -0.681. The highest BCUT2D eigenvalue weighted by molar-refractivity contribution is 5.85. The number of hydrogen-bond donors (Lipinski definition) is 3. The molecule has 1 aliphatic heterocycles. The summed E-state index contributed by atoms with van der Waals surface area (Å²) in [5.74, 6) is 0. The van der Waals surface area contributed by atoms with Crippen molar-refractivity contribution in [2.75, 3.05) is 6.54 Å². The second kappa shape index (κ2) is 3.25. The Morgan fingerprint density at radius 3 is 2.12 bits per heavy atom. The third kappa shape index (κ3) is 1.59. The zero-order chi connectivity index (χ0) is 5.28. The van der Waals surface area contributed by atoms with Gasteiger partial charge in [-0.2, -0.15) is 0 Å². The summed E-state index contributed by atoms with van der Waals surface area (Å²) >= 11 is 0. The van der Waals surface area contributed by atoms with Gasteiger partial charge in [0.05, 0.1) is 6.10 Å². The predicted octanol–water partition coefficient (Wildman–Crippen LogP) is -0.919. The summed E-state index contributed by atoms with van der Waals surface area (Å²) in [6.45, 7) is 0.725. The Morgan fingerprint density at radius 2 is 2.00 bits per heavy atom. The van der Waals surface area contributed by atoms with Crippen LogP contribution in [0.4, 0.5) is 0 Å². The molecule has 8 heavy (non-hydrogen) atoms. The molecule has 1 heterocycles. The molecule has 1 rings (SSSR count). The van der Waals surface area contributed by atoms with Crippen molar-refractivity contribution in [2.24, 2.45) is 0 Å². The maximum atomic E-state index is 8.69. The summed E-state index contributed by atoms with van der Waals surface area (Å²) in [6, 6.07) is 0. The van der Waals surface area contributed by atoms with Gasteiger partial charge in [-0.25, -0.2) is 0 Å². The molecular formula is C4H10ClNO2. The van der Waals surface area contributed by atoms with Gasteiger partial charge in [-0.3, -0.25) is 5.32 Å². The van der Waals surface area contributed by atoms with Crippen molar-refractivity contribution in [1.82, 2.24) is 5.32 Å². The standard InChI is InChI=1S/C4H9NO2.ClH/c6-3-1-2-5-4(3)7;/h3-7H,1-2H2;1H. The Bertz CT molecular complexity index is 63.1. The van der Waals surface area contributed by atoms with Crippen LogP contribution in [0.5, 0.6) is 0 Å². The highest BCUT2D eigenvalue weighted by Gasteiger charge is 2.20. The van der Waals surface area contributed by atoms with Gasteiger partial charge in [-0.1, -0.05) is 0 Å².